The zero-order valence-corrected chi connectivity index (χ0v) is 45.4. The van der Waals surface area contributed by atoms with Crippen LogP contribution in [0.15, 0.2) is 256 Å². The molecule has 378 valence electrons. The highest BCUT2D eigenvalue weighted by atomic mass is 15.1. The van der Waals surface area contributed by atoms with E-state index in [0.717, 1.165) is 67.5 Å². The first kappa shape index (κ1) is 47.2. The molecule has 0 radical (unpaired) electrons. The average molecular weight is 1020 g/mol. The van der Waals surface area contributed by atoms with Crippen LogP contribution in [-0.2, 0) is 0 Å². The van der Waals surface area contributed by atoms with Crippen molar-refractivity contribution < 1.29 is 0 Å². The molecule has 80 heavy (non-hydrogen) atoms. The fourth-order valence-electron chi connectivity index (χ4n) is 13.1. The molecule has 0 aromatic heterocycles. The summed E-state index contributed by atoms with van der Waals surface area (Å²) in [6, 6.07) is 90.6. The minimum absolute atomic E-state index is 1.01. The molecule has 15 aromatic carbocycles. The predicted molar refractivity (Wildman–Crippen MR) is 346 cm³/mol. The average Bonchev–Trinajstić information content (AvgIpc) is 2.14. The lowest BCUT2D eigenvalue weighted by molar-refractivity contribution is 1.29. The molecule has 0 unspecified atom stereocenters. The summed E-state index contributed by atoms with van der Waals surface area (Å²) in [7, 11) is 0. The van der Waals surface area contributed by atoms with Crippen LogP contribution < -0.4 is 9.80 Å². The minimum Gasteiger partial charge on any atom is -0.310 e. The lowest BCUT2D eigenvalue weighted by Crippen LogP contribution is -2.12. The van der Waals surface area contributed by atoms with E-state index in [1.54, 1.807) is 0 Å². The van der Waals surface area contributed by atoms with Gasteiger partial charge in [0.1, 0.15) is 0 Å². The van der Waals surface area contributed by atoms with E-state index in [1.165, 1.54) is 108 Å². The van der Waals surface area contributed by atoms with Crippen LogP contribution in [-0.4, -0.2) is 0 Å². The predicted octanol–water partition coefficient (Wildman–Crippen LogP) is 22.1. The molecule has 15 rings (SSSR count). The molecule has 0 aliphatic heterocycles. The van der Waals surface area contributed by atoms with Gasteiger partial charge in [0, 0.05) is 44.3 Å². The molecule has 2 heteroatoms. The third kappa shape index (κ3) is 7.33. The van der Waals surface area contributed by atoms with Crippen molar-refractivity contribution in [3.8, 4) is 0 Å². The molecule has 15 aromatic rings. The number of fused-ring (bicyclic) bond motifs is 6. The van der Waals surface area contributed by atoms with Crippen LogP contribution in [0.5, 0.6) is 0 Å². The quantitative estimate of drug-likeness (QED) is 0.0995. The van der Waals surface area contributed by atoms with Crippen LogP contribution in [0.25, 0.3) is 97.3 Å². The number of hydrogen-bond acceptors (Lipinski definition) is 2. The first-order chi connectivity index (χ1) is 39.2. The van der Waals surface area contributed by atoms with Crippen LogP contribution in [0.2, 0.25) is 0 Å². The van der Waals surface area contributed by atoms with Gasteiger partial charge in [-0.15, -0.1) is 0 Å². The van der Waals surface area contributed by atoms with Gasteiger partial charge >= 0.3 is 0 Å². The van der Waals surface area contributed by atoms with Gasteiger partial charge in [0.05, 0.1) is 11.4 Å². The van der Waals surface area contributed by atoms with Crippen molar-refractivity contribution in [1.29, 1.82) is 0 Å². The molecule has 0 atom stereocenters. The highest BCUT2D eigenvalue weighted by Crippen LogP contribution is 2.56. The van der Waals surface area contributed by atoms with Crippen LogP contribution in [0.4, 0.5) is 34.1 Å². The maximum Gasteiger partial charge on any atom is 0.0546 e. The Hall–Kier alpha value is -10.0. The van der Waals surface area contributed by atoms with Gasteiger partial charge in [-0.25, -0.2) is 0 Å². The van der Waals surface area contributed by atoms with E-state index >= 15 is 0 Å². The molecule has 0 saturated heterocycles. The molecule has 0 fully saturated rings. The number of rotatable bonds is 10. The van der Waals surface area contributed by atoms with E-state index in [4.69, 9.17) is 0 Å². The Balaban J connectivity index is 1.04. The van der Waals surface area contributed by atoms with E-state index in [0.29, 0.717) is 0 Å². The maximum atomic E-state index is 4.58. The lowest BCUT2D eigenvalue weighted by atomic mass is 9.81. The van der Waals surface area contributed by atoms with Crippen molar-refractivity contribution >= 4 is 131 Å². The lowest BCUT2D eigenvalue weighted by Gasteiger charge is -2.31. The molecule has 0 aliphatic carbocycles. The van der Waals surface area contributed by atoms with Gasteiger partial charge in [-0.2, -0.15) is 0 Å². The fraction of sp³-hybridized carbons (Fsp3) is 0.0513. The van der Waals surface area contributed by atoms with Gasteiger partial charge in [0.25, 0.3) is 0 Å². The van der Waals surface area contributed by atoms with E-state index in [9.17, 15) is 0 Å². The number of anilines is 6. The molecule has 0 heterocycles. The van der Waals surface area contributed by atoms with Crippen molar-refractivity contribution in [3.05, 3.63) is 300 Å². The molecule has 2 nitrogen and oxygen atoms in total. The summed E-state index contributed by atoms with van der Waals surface area (Å²) in [5, 5.41) is 20.0. The standard InChI is InChI=1S/C78H56N2/c1-47-19-27-53(28-20-47)51(5)55-31-39-61(40-32-55)79(59-35-23-49(3)24-36-59)69-45-43-67-74-64-16-8-12-58-14-10-18-66(72(58)64)76-70(46-44-68(78(74)76)73-63-15-7-11-57-13-9-17-65(71(57)63)75(69)77(67)73)80(60-37-25-50(4)26-38-60)62-41-33-56(34-42-62)52(6)54-29-21-48(2)22-30-54/h7-46H,5-6H2,1-4H3. The first-order valence-electron chi connectivity index (χ1n) is 27.8. The second-order valence-electron chi connectivity index (χ2n) is 22.1. The summed E-state index contributed by atoms with van der Waals surface area (Å²) in [6.45, 7) is 17.7. The topological polar surface area (TPSA) is 6.48 Å². The summed E-state index contributed by atoms with van der Waals surface area (Å²) < 4.78 is 0. The second-order valence-corrected chi connectivity index (χ2v) is 22.1. The summed E-state index contributed by atoms with van der Waals surface area (Å²) in [4.78, 5) is 4.95. The second kappa shape index (κ2) is 18.3. The van der Waals surface area contributed by atoms with E-state index in [-0.39, 0.29) is 0 Å². The van der Waals surface area contributed by atoms with Gasteiger partial charge in [0.2, 0.25) is 0 Å². The molecule has 0 amide bonds. The van der Waals surface area contributed by atoms with Gasteiger partial charge in [0.15, 0.2) is 0 Å². The van der Waals surface area contributed by atoms with E-state index in [1.807, 2.05) is 0 Å². The molecular weight excluding hydrogens is 965 g/mol. The minimum atomic E-state index is 1.01. The number of aryl methyl sites for hydroxylation is 4. The summed E-state index contributed by atoms with van der Waals surface area (Å²) in [5.74, 6) is 0. The largest absolute Gasteiger partial charge is 0.310 e. The number of nitrogens with zero attached hydrogens (tertiary/aromatic N) is 2. The fourth-order valence-corrected chi connectivity index (χ4v) is 13.1. The van der Waals surface area contributed by atoms with Crippen molar-refractivity contribution in [2.45, 2.75) is 27.7 Å². The monoisotopic (exact) mass is 1020 g/mol. The molecular formula is C78H56N2. The molecule has 0 saturated carbocycles. The van der Waals surface area contributed by atoms with Gasteiger partial charge in [-0.05, 0) is 186 Å². The van der Waals surface area contributed by atoms with Crippen LogP contribution in [0.1, 0.15) is 44.5 Å². The maximum absolute atomic E-state index is 4.58. The highest BCUT2D eigenvalue weighted by molar-refractivity contribution is 6.49. The number of benzene rings is 15. The summed E-state index contributed by atoms with van der Waals surface area (Å²) in [5.41, 5.74) is 18.0. The number of hydrogen-bond donors (Lipinski definition) is 0. The van der Waals surface area contributed by atoms with Gasteiger partial charge < -0.3 is 9.80 Å². The highest BCUT2D eigenvalue weighted by Gasteiger charge is 2.28. The van der Waals surface area contributed by atoms with Crippen molar-refractivity contribution in [2.75, 3.05) is 9.80 Å². The van der Waals surface area contributed by atoms with Crippen molar-refractivity contribution in [2.24, 2.45) is 0 Å². The SMILES string of the molecule is C=C(c1ccc(C)cc1)c1ccc(N(c2ccc(C)cc2)c2ccc3c4c5cccc6cccc(c7c(N(c8ccc(C)cc8)c8ccc(C(=C)c9ccc(C)cc9)cc8)ccc(c8c9cccc%10cccc(c2c38)c%109)c74)c65)cc1. The molecule has 0 N–H and O–H groups in total. The Bertz CT molecular complexity index is 4620. The Morgan fingerprint density at radius 2 is 0.487 bits per heavy atom. The molecule has 0 bridgehead atoms. The third-order valence-corrected chi connectivity index (χ3v) is 17.1. The third-order valence-electron chi connectivity index (χ3n) is 17.1. The van der Waals surface area contributed by atoms with Crippen LogP contribution >= 0.6 is 0 Å². The van der Waals surface area contributed by atoms with Crippen LogP contribution in [0, 0.1) is 27.7 Å². The summed E-state index contributed by atoms with van der Waals surface area (Å²) in [6.07, 6.45) is 0. The van der Waals surface area contributed by atoms with Crippen molar-refractivity contribution in [3.63, 3.8) is 0 Å². The van der Waals surface area contributed by atoms with Gasteiger partial charge in [-0.1, -0.05) is 217 Å². The molecule has 0 aliphatic rings. The molecule has 0 spiro atoms. The van der Waals surface area contributed by atoms with Gasteiger partial charge in [-0.3, -0.25) is 0 Å². The van der Waals surface area contributed by atoms with Crippen LogP contribution in [0.3, 0.4) is 0 Å². The van der Waals surface area contributed by atoms with Crippen molar-refractivity contribution in [1.82, 2.24) is 0 Å². The first-order valence-corrected chi connectivity index (χ1v) is 27.8. The van der Waals surface area contributed by atoms with E-state index in [2.05, 4.69) is 293 Å². The summed E-state index contributed by atoms with van der Waals surface area (Å²) >= 11 is 0. The Labute approximate surface area is 466 Å². The normalized spacial score (nSPS) is 11.8. The zero-order valence-electron chi connectivity index (χ0n) is 45.4. The van der Waals surface area contributed by atoms with E-state index < -0.39 is 0 Å². The Morgan fingerprint density at radius 1 is 0.237 bits per heavy atom. The smallest absolute Gasteiger partial charge is 0.0546 e. The zero-order chi connectivity index (χ0) is 53.9. The Morgan fingerprint density at radius 3 is 0.800 bits per heavy atom. The Kier molecular flexibility index (Phi) is 10.8.